The molecular weight excluding hydrogens is 224 g/mol. The lowest BCUT2D eigenvalue weighted by Gasteiger charge is -2.46. The Hall–Kier alpha value is -0.410. The van der Waals surface area contributed by atoms with Crippen LogP contribution in [0.25, 0.3) is 0 Å². The van der Waals surface area contributed by atoms with Crippen LogP contribution in [-0.2, 0) is 4.79 Å². The molecule has 2 saturated heterocycles. The molecule has 2 rings (SSSR count). The van der Waals surface area contributed by atoms with Crippen molar-refractivity contribution in [2.75, 3.05) is 26.2 Å². The molecule has 18 heavy (non-hydrogen) atoms. The van der Waals surface area contributed by atoms with Crippen molar-refractivity contribution in [3.63, 3.8) is 0 Å². The van der Waals surface area contributed by atoms with Gasteiger partial charge in [0.1, 0.15) is 5.78 Å². The number of hydrogen-bond acceptors (Lipinski definition) is 3. The van der Waals surface area contributed by atoms with Crippen LogP contribution in [-0.4, -0.2) is 53.8 Å². The molecule has 0 aromatic heterocycles. The maximum absolute atomic E-state index is 11.7. The Labute approximate surface area is 112 Å². The average molecular weight is 252 g/mol. The van der Waals surface area contributed by atoms with Gasteiger partial charge in [0, 0.05) is 38.0 Å². The Bertz CT molecular complexity index is 264. The highest BCUT2D eigenvalue weighted by molar-refractivity contribution is 5.80. The number of fused-ring (bicyclic) bond motifs is 2. The molecule has 0 N–H and O–H groups in total. The van der Waals surface area contributed by atoms with Gasteiger partial charge in [-0.2, -0.15) is 0 Å². The number of piperidine rings is 2. The normalized spacial score (nSPS) is 28.9. The Morgan fingerprint density at radius 1 is 1.17 bits per heavy atom. The van der Waals surface area contributed by atoms with Gasteiger partial charge in [-0.15, -0.1) is 0 Å². The fourth-order valence-electron chi connectivity index (χ4n) is 3.63. The fourth-order valence-corrected chi connectivity index (χ4v) is 3.63. The van der Waals surface area contributed by atoms with Crippen LogP contribution in [0.15, 0.2) is 0 Å². The molecule has 0 spiro atoms. The van der Waals surface area contributed by atoms with Gasteiger partial charge in [0.15, 0.2) is 0 Å². The quantitative estimate of drug-likeness (QED) is 0.725. The largest absolute Gasteiger partial charge is 0.302 e. The predicted octanol–water partition coefficient (Wildman–Crippen LogP) is 2.30. The van der Waals surface area contributed by atoms with Gasteiger partial charge in [-0.1, -0.05) is 20.3 Å². The van der Waals surface area contributed by atoms with Crippen LogP contribution in [0.4, 0.5) is 0 Å². The number of nitrogens with zero attached hydrogens (tertiary/aromatic N) is 2. The van der Waals surface area contributed by atoms with Gasteiger partial charge in [-0.3, -0.25) is 9.69 Å². The minimum Gasteiger partial charge on any atom is -0.302 e. The molecule has 0 saturated carbocycles. The van der Waals surface area contributed by atoms with E-state index in [-0.39, 0.29) is 0 Å². The Kier molecular flexibility index (Phi) is 5.19. The van der Waals surface area contributed by atoms with E-state index in [4.69, 9.17) is 0 Å². The first-order valence-electron chi connectivity index (χ1n) is 7.74. The summed E-state index contributed by atoms with van der Waals surface area (Å²) < 4.78 is 0. The highest BCUT2D eigenvalue weighted by atomic mass is 16.1. The first kappa shape index (κ1) is 14.0. The van der Waals surface area contributed by atoms with Gasteiger partial charge in [-0.25, -0.2) is 0 Å². The van der Waals surface area contributed by atoms with Crippen molar-refractivity contribution < 1.29 is 4.79 Å². The van der Waals surface area contributed by atoms with E-state index in [1.165, 1.54) is 38.8 Å². The van der Waals surface area contributed by atoms with E-state index in [2.05, 4.69) is 23.6 Å². The maximum atomic E-state index is 11.7. The molecule has 104 valence electrons. The zero-order valence-electron chi connectivity index (χ0n) is 12.0. The SMILES string of the molecule is CCCN(CC)CCN1C2CCCC1CC(=O)C2. The number of carbonyl (C=O) groups excluding carboxylic acids is 1. The summed E-state index contributed by atoms with van der Waals surface area (Å²) >= 11 is 0. The molecule has 2 bridgehead atoms. The van der Waals surface area contributed by atoms with E-state index in [1.807, 2.05) is 0 Å². The average Bonchev–Trinajstić information content (AvgIpc) is 2.34. The molecule has 2 unspecified atom stereocenters. The third-order valence-electron chi connectivity index (χ3n) is 4.60. The summed E-state index contributed by atoms with van der Waals surface area (Å²) in [6.45, 7) is 9.18. The summed E-state index contributed by atoms with van der Waals surface area (Å²) in [5, 5.41) is 0. The molecule has 0 aromatic rings. The summed E-state index contributed by atoms with van der Waals surface area (Å²) in [5.41, 5.74) is 0. The standard InChI is InChI=1S/C15H28N2O/c1-3-8-16(4-2)9-10-17-13-6-5-7-14(17)12-15(18)11-13/h13-14H,3-12H2,1-2H3. The monoisotopic (exact) mass is 252 g/mol. The zero-order chi connectivity index (χ0) is 13.0. The molecule has 0 amide bonds. The number of Topliss-reactive ketones (excluding diaryl/α,β-unsaturated/α-hetero) is 1. The van der Waals surface area contributed by atoms with Crippen molar-refractivity contribution in [3.05, 3.63) is 0 Å². The maximum Gasteiger partial charge on any atom is 0.136 e. The molecule has 2 fully saturated rings. The molecule has 2 atom stereocenters. The van der Waals surface area contributed by atoms with Crippen molar-refractivity contribution in [3.8, 4) is 0 Å². The minimum absolute atomic E-state index is 0.502. The summed E-state index contributed by atoms with van der Waals surface area (Å²) in [7, 11) is 0. The topological polar surface area (TPSA) is 23.6 Å². The molecule has 2 heterocycles. The van der Waals surface area contributed by atoms with Gasteiger partial charge in [0.05, 0.1) is 0 Å². The van der Waals surface area contributed by atoms with E-state index in [9.17, 15) is 4.79 Å². The van der Waals surface area contributed by atoms with Crippen LogP contribution < -0.4 is 0 Å². The molecule has 3 nitrogen and oxygen atoms in total. The van der Waals surface area contributed by atoms with Crippen LogP contribution in [0.2, 0.25) is 0 Å². The molecule has 3 heteroatoms. The number of likely N-dealkylation sites (N-methyl/N-ethyl adjacent to an activating group) is 1. The first-order valence-corrected chi connectivity index (χ1v) is 7.74. The molecular formula is C15H28N2O. The van der Waals surface area contributed by atoms with Crippen LogP contribution in [0.1, 0.15) is 52.4 Å². The lowest BCUT2D eigenvalue weighted by atomic mass is 9.84. The second-order valence-electron chi connectivity index (χ2n) is 5.86. The molecule has 0 radical (unpaired) electrons. The molecule has 2 aliphatic rings. The number of rotatable bonds is 6. The molecule has 0 aromatic carbocycles. The summed E-state index contributed by atoms with van der Waals surface area (Å²) in [4.78, 5) is 16.9. The van der Waals surface area contributed by atoms with E-state index in [1.54, 1.807) is 0 Å². The fraction of sp³-hybridized carbons (Fsp3) is 0.933. The van der Waals surface area contributed by atoms with Gasteiger partial charge in [0.2, 0.25) is 0 Å². The van der Waals surface area contributed by atoms with Crippen molar-refractivity contribution in [2.45, 2.75) is 64.5 Å². The van der Waals surface area contributed by atoms with Crippen LogP contribution >= 0.6 is 0 Å². The summed E-state index contributed by atoms with van der Waals surface area (Å²) in [6, 6.07) is 1.12. The summed E-state index contributed by atoms with van der Waals surface area (Å²) in [6.07, 6.45) is 6.67. The van der Waals surface area contributed by atoms with E-state index >= 15 is 0 Å². The lowest BCUT2D eigenvalue weighted by Crippen LogP contribution is -2.54. The second kappa shape index (κ2) is 6.67. The summed E-state index contributed by atoms with van der Waals surface area (Å²) in [5.74, 6) is 0.502. The zero-order valence-corrected chi connectivity index (χ0v) is 12.0. The Balaban J connectivity index is 1.86. The van der Waals surface area contributed by atoms with Crippen molar-refractivity contribution >= 4 is 5.78 Å². The van der Waals surface area contributed by atoms with E-state index in [0.29, 0.717) is 17.9 Å². The highest BCUT2D eigenvalue weighted by Gasteiger charge is 2.37. The van der Waals surface area contributed by atoms with E-state index < -0.39 is 0 Å². The predicted molar refractivity (Wildman–Crippen MR) is 74.8 cm³/mol. The third kappa shape index (κ3) is 3.33. The minimum atomic E-state index is 0.502. The Morgan fingerprint density at radius 3 is 2.39 bits per heavy atom. The smallest absolute Gasteiger partial charge is 0.136 e. The molecule has 0 aliphatic carbocycles. The lowest BCUT2D eigenvalue weighted by molar-refractivity contribution is -0.127. The van der Waals surface area contributed by atoms with Crippen molar-refractivity contribution in [1.29, 1.82) is 0 Å². The van der Waals surface area contributed by atoms with Crippen LogP contribution in [0.5, 0.6) is 0 Å². The van der Waals surface area contributed by atoms with Gasteiger partial charge in [0.25, 0.3) is 0 Å². The Morgan fingerprint density at radius 2 is 1.83 bits per heavy atom. The first-order chi connectivity index (χ1) is 8.74. The third-order valence-corrected chi connectivity index (χ3v) is 4.60. The molecule has 2 aliphatic heterocycles. The van der Waals surface area contributed by atoms with Crippen molar-refractivity contribution in [1.82, 2.24) is 9.80 Å². The number of carbonyl (C=O) groups is 1. The second-order valence-corrected chi connectivity index (χ2v) is 5.86. The van der Waals surface area contributed by atoms with Crippen LogP contribution in [0, 0.1) is 0 Å². The van der Waals surface area contributed by atoms with Gasteiger partial charge in [-0.05, 0) is 32.4 Å². The van der Waals surface area contributed by atoms with E-state index in [0.717, 1.165) is 25.9 Å². The number of ketones is 1. The van der Waals surface area contributed by atoms with Crippen LogP contribution in [0.3, 0.4) is 0 Å². The highest BCUT2D eigenvalue weighted by Crippen LogP contribution is 2.31. The van der Waals surface area contributed by atoms with Gasteiger partial charge < -0.3 is 4.90 Å². The number of hydrogen-bond donors (Lipinski definition) is 0. The van der Waals surface area contributed by atoms with Crippen molar-refractivity contribution in [2.24, 2.45) is 0 Å². The van der Waals surface area contributed by atoms with Gasteiger partial charge >= 0.3 is 0 Å².